The molecule has 0 radical (unpaired) electrons. The van der Waals surface area contributed by atoms with E-state index < -0.39 is 118 Å². The van der Waals surface area contributed by atoms with E-state index in [1.54, 1.807) is 14.1 Å². The molecule has 0 saturated heterocycles. The molecule has 8 atom stereocenters. The van der Waals surface area contributed by atoms with Gasteiger partial charge < -0.3 is 99.2 Å². The number of nitrogens with one attached hydrogen (secondary N) is 3. The molecule has 0 rings (SSSR count). The first-order valence-electron chi connectivity index (χ1n) is 15.9. The molecule has 0 aromatic heterocycles. The highest BCUT2D eigenvalue weighted by molar-refractivity contribution is 7.47. The average Bonchev–Trinajstić information content (AvgIpc) is 3.09. The molecule has 0 aromatic carbocycles. The van der Waals surface area contributed by atoms with Crippen LogP contribution in [-0.2, 0) is 86.8 Å². The number of phosphoric ester groups is 6. The standard InChI is InChI=1S/C14H36N2O19P4.C7H19NO9P2.2CH4/c1-15-11-27-8-13(7-17)35-39(25,26)32-6-5-30-37(21,22)29-3-4-31-38(23,24)33-10-14(9-28-12-16-2)34-36(18,19)20;1-3-15-19(12,13)16-5-7(4-14-6-8-2)17-18(9,10)11;;/h13-17H,3-12H2,1-2H3,(H,21,22)(H,23,24)(H,25,26)(H2,18,19,20);7-8H,3-6H2,1-2H3,(H,12,13)(H2,9,10,11);2*1H4/p-5. The fourth-order valence-corrected chi connectivity index (χ4v) is 7.01. The summed E-state index contributed by atoms with van der Waals surface area (Å²) in [5, 5.41) is 16.9. The highest BCUT2D eigenvalue weighted by Crippen LogP contribution is 2.44. The smallest absolute Gasteiger partial charge is 0.470 e. The maximum Gasteiger partial charge on any atom is 0.470 e. The first kappa shape index (κ1) is 67.0. The van der Waals surface area contributed by atoms with Crippen LogP contribution >= 0.6 is 46.9 Å². The lowest BCUT2D eigenvalue weighted by atomic mass is 10.4. The molecule has 0 amide bonds. The van der Waals surface area contributed by atoms with E-state index in [1.165, 1.54) is 14.0 Å². The second-order valence-electron chi connectivity index (χ2n) is 10.1. The van der Waals surface area contributed by atoms with Gasteiger partial charge in [-0.05, 0) is 28.1 Å². The lowest BCUT2D eigenvalue weighted by Gasteiger charge is -2.29. The molecule has 0 heterocycles. The third kappa shape index (κ3) is 43.6. The Morgan fingerprint density at radius 1 is 0.483 bits per heavy atom. The van der Waals surface area contributed by atoms with Crippen LogP contribution in [0, 0.1) is 0 Å². The SMILES string of the molecule is C.C.CCOP(=O)([O-])OCC(COCNC)OP(=O)(O)O.CNCOCC(COP(=O)([O-])OCCOP(=O)([O-])OCCOP(=O)([O-])OC(CO)COCNC)OP(=O)([O-])O. The van der Waals surface area contributed by atoms with Gasteiger partial charge in [0.2, 0.25) is 0 Å². The van der Waals surface area contributed by atoms with Crippen LogP contribution in [0.5, 0.6) is 0 Å². The van der Waals surface area contributed by atoms with E-state index in [1.807, 2.05) is 0 Å². The molecule has 7 N–H and O–H groups in total. The third-order valence-corrected chi connectivity index (χ3v) is 10.2. The normalized spacial score (nSPS) is 18.4. The summed E-state index contributed by atoms with van der Waals surface area (Å²) in [6, 6.07) is 0. The van der Waals surface area contributed by atoms with E-state index in [4.69, 9.17) is 34.0 Å². The van der Waals surface area contributed by atoms with Crippen LogP contribution in [0.1, 0.15) is 21.8 Å². The van der Waals surface area contributed by atoms with E-state index in [9.17, 15) is 51.9 Å². The zero-order valence-corrected chi connectivity index (χ0v) is 36.8. The van der Waals surface area contributed by atoms with Crippen LogP contribution in [0.4, 0.5) is 0 Å². The lowest BCUT2D eigenvalue weighted by molar-refractivity contribution is -0.240. The zero-order valence-electron chi connectivity index (χ0n) is 31.4. The number of aliphatic hydroxyl groups excluding tert-OH is 1. The van der Waals surface area contributed by atoms with Crippen molar-refractivity contribution in [3.63, 3.8) is 0 Å². The Hall–Kier alpha value is 0.380. The van der Waals surface area contributed by atoms with Crippen LogP contribution in [-0.4, -0.2) is 152 Å². The van der Waals surface area contributed by atoms with Crippen LogP contribution in [0.15, 0.2) is 0 Å². The van der Waals surface area contributed by atoms with Gasteiger partial charge >= 0.3 is 7.82 Å². The highest BCUT2D eigenvalue weighted by Gasteiger charge is 2.25. The summed E-state index contributed by atoms with van der Waals surface area (Å²) < 4.78 is 126. The van der Waals surface area contributed by atoms with Gasteiger partial charge in [0.15, 0.2) is 0 Å². The molecule has 8 unspecified atom stereocenters. The molecule has 0 bridgehead atoms. The predicted molar refractivity (Wildman–Crippen MR) is 194 cm³/mol. The Labute approximate surface area is 347 Å². The van der Waals surface area contributed by atoms with Crippen molar-refractivity contribution < 1.29 is 131 Å². The van der Waals surface area contributed by atoms with Gasteiger partial charge in [-0.3, -0.25) is 43.3 Å². The summed E-state index contributed by atoms with van der Waals surface area (Å²) in [4.78, 5) is 83.2. The van der Waals surface area contributed by atoms with Gasteiger partial charge in [0.05, 0.1) is 92.9 Å². The quantitative estimate of drug-likeness (QED) is 0.0181. The fourth-order valence-electron chi connectivity index (χ4n) is 3.02. The van der Waals surface area contributed by atoms with Crippen LogP contribution in [0.25, 0.3) is 0 Å². The molecule has 0 fully saturated rings. The third-order valence-electron chi connectivity index (χ3n) is 4.99. The Morgan fingerprint density at radius 2 is 0.817 bits per heavy atom. The molecule has 0 saturated carbocycles. The van der Waals surface area contributed by atoms with Crippen molar-refractivity contribution in [3.8, 4) is 0 Å². The minimum atomic E-state index is -5.26. The van der Waals surface area contributed by atoms with Crippen molar-refractivity contribution in [1.82, 2.24) is 16.0 Å². The minimum Gasteiger partial charge on any atom is -0.756 e. The van der Waals surface area contributed by atoms with E-state index in [2.05, 4.69) is 61.2 Å². The molecule has 37 heteroatoms. The molecule has 31 nitrogen and oxygen atoms in total. The first-order chi connectivity index (χ1) is 26.7. The van der Waals surface area contributed by atoms with Crippen LogP contribution in [0.3, 0.4) is 0 Å². The molecule has 0 aliphatic carbocycles. The summed E-state index contributed by atoms with van der Waals surface area (Å²) >= 11 is 0. The minimum absolute atomic E-state index is 0. The van der Waals surface area contributed by atoms with Gasteiger partial charge in [-0.1, -0.05) is 14.9 Å². The topological polar surface area (TPSA) is 455 Å². The van der Waals surface area contributed by atoms with E-state index in [0.29, 0.717) is 0 Å². The van der Waals surface area contributed by atoms with Crippen molar-refractivity contribution >= 4 is 46.9 Å². The van der Waals surface area contributed by atoms with Gasteiger partial charge in [-0.15, -0.1) is 0 Å². The maximum absolute atomic E-state index is 11.8. The number of ether oxygens (including phenoxy) is 3. The molecular formula is C23H58N3O28P6-5. The fraction of sp³-hybridized carbons (Fsp3) is 1.00. The summed E-state index contributed by atoms with van der Waals surface area (Å²) in [6.45, 7) is -5.36. The first-order valence-corrected chi connectivity index (χ1v) is 24.8. The Bertz CT molecular complexity index is 1360. The number of phosphoric acid groups is 6. The molecule has 0 aliphatic rings. The van der Waals surface area contributed by atoms with Crippen molar-refractivity contribution in [2.45, 2.75) is 40.1 Å². The van der Waals surface area contributed by atoms with Crippen LogP contribution in [0.2, 0.25) is 0 Å². The van der Waals surface area contributed by atoms with Crippen molar-refractivity contribution in [2.75, 3.05) is 114 Å². The molecule has 368 valence electrons. The monoisotopic (exact) mass is 1010 g/mol. The molecule has 0 spiro atoms. The Kier molecular flexibility index (Phi) is 39.8. The average molecular weight is 1010 g/mol. The zero-order chi connectivity index (χ0) is 44.9. The second kappa shape index (κ2) is 35.6. The largest absolute Gasteiger partial charge is 0.756 e. The lowest BCUT2D eigenvalue weighted by Crippen LogP contribution is -2.29. The Morgan fingerprint density at radius 3 is 1.15 bits per heavy atom. The van der Waals surface area contributed by atoms with Gasteiger partial charge in [-0.25, -0.2) is 4.57 Å². The number of hydrogen-bond acceptors (Lipinski definition) is 28. The second-order valence-corrected chi connectivity index (χ2v) is 18.0. The van der Waals surface area contributed by atoms with Gasteiger partial charge in [0.1, 0.15) is 18.3 Å². The number of aliphatic hydroxyl groups is 1. The van der Waals surface area contributed by atoms with Gasteiger partial charge in [-0.2, -0.15) is 0 Å². The molecule has 0 aromatic rings. The van der Waals surface area contributed by atoms with Crippen LogP contribution < -0.4 is 40.4 Å². The van der Waals surface area contributed by atoms with Crippen molar-refractivity contribution in [1.29, 1.82) is 0 Å². The molecular weight excluding hydrogens is 952 g/mol. The van der Waals surface area contributed by atoms with E-state index in [0.717, 1.165) is 0 Å². The van der Waals surface area contributed by atoms with Gasteiger partial charge in [0, 0.05) is 0 Å². The van der Waals surface area contributed by atoms with E-state index >= 15 is 0 Å². The summed E-state index contributed by atoms with van der Waals surface area (Å²) in [5.41, 5.74) is 0. The van der Waals surface area contributed by atoms with Crippen molar-refractivity contribution in [3.05, 3.63) is 0 Å². The van der Waals surface area contributed by atoms with Gasteiger partial charge in [0.25, 0.3) is 39.1 Å². The highest BCUT2D eigenvalue weighted by atomic mass is 31.2. The summed E-state index contributed by atoms with van der Waals surface area (Å²) in [6.07, 6.45) is -4.09. The summed E-state index contributed by atoms with van der Waals surface area (Å²) in [7, 11) is -25.0. The predicted octanol–water partition coefficient (Wildman–Crippen LogP) is -3.46. The van der Waals surface area contributed by atoms with Crippen molar-refractivity contribution in [2.24, 2.45) is 0 Å². The Balaban J connectivity index is -0.000000630. The number of rotatable bonds is 37. The molecule has 60 heavy (non-hydrogen) atoms. The maximum atomic E-state index is 11.8. The molecule has 0 aliphatic heterocycles. The summed E-state index contributed by atoms with van der Waals surface area (Å²) in [5.74, 6) is 0. The van der Waals surface area contributed by atoms with E-state index in [-0.39, 0.29) is 54.9 Å². The number of hydrogen-bond donors (Lipinski definition) is 7.